The first kappa shape index (κ1) is 13.5. The highest BCUT2D eigenvalue weighted by molar-refractivity contribution is 5.65. The van der Waals surface area contributed by atoms with Gasteiger partial charge in [0.15, 0.2) is 11.5 Å². The van der Waals surface area contributed by atoms with Gasteiger partial charge in [-0.2, -0.15) is 0 Å². The van der Waals surface area contributed by atoms with Crippen LogP contribution in [0.15, 0.2) is 18.2 Å². The van der Waals surface area contributed by atoms with Crippen molar-refractivity contribution in [2.24, 2.45) is 5.73 Å². The van der Waals surface area contributed by atoms with Gasteiger partial charge < -0.3 is 20.1 Å². The van der Waals surface area contributed by atoms with Gasteiger partial charge in [0.1, 0.15) is 13.2 Å². The van der Waals surface area contributed by atoms with Crippen LogP contribution in [0.1, 0.15) is 6.42 Å². The molecule has 0 aromatic heterocycles. The van der Waals surface area contributed by atoms with Crippen molar-refractivity contribution in [3.05, 3.63) is 18.2 Å². The molecule has 1 saturated heterocycles. The molecule has 1 aromatic carbocycles. The Labute approximate surface area is 120 Å². The van der Waals surface area contributed by atoms with E-state index in [-0.39, 0.29) is 0 Å². The molecule has 0 atom stereocenters. The van der Waals surface area contributed by atoms with Crippen LogP contribution in [-0.4, -0.2) is 57.4 Å². The molecule has 0 radical (unpaired) electrons. The minimum atomic E-state index is 0.639. The fourth-order valence-electron chi connectivity index (χ4n) is 2.83. The van der Waals surface area contributed by atoms with Crippen LogP contribution in [0.5, 0.6) is 11.5 Å². The Hall–Kier alpha value is -1.46. The lowest BCUT2D eigenvalue weighted by Gasteiger charge is -2.37. The third-order valence-electron chi connectivity index (χ3n) is 3.94. The van der Waals surface area contributed by atoms with Crippen molar-refractivity contribution < 1.29 is 9.47 Å². The first-order chi connectivity index (χ1) is 9.88. The maximum atomic E-state index is 5.80. The van der Waals surface area contributed by atoms with Gasteiger partial charge in [0, 0.05) is 26.2 Å². The van der Waals surface area contributed by atoms with E-state index in [0.29, 0.717) is 13.2 Å². The summed E-state index contributed by atoms with van der Waals surface area (Å²) in [4.78, 5) is 4.88. The quantitative estimate of drug-likeness (QED) is 0.887. The molecule has 0 bridgehead atoms. The summed E-state index contributed by atoms with van der Waals surface area (Å²) in [5.41, 5.74) is 6.74. The number of para-hydroxylation sites is 1. The summed E-state index contributed by atoms with van der Waals surface area (Å²) in [7, 11) is 0. The number of anilines is 1. The SMILES string of the molecule is NCCCN1CCN(c2cccc3c2OCCO3)CC1. The average Bonchev–Trinajstić information content (AvgIpc) is 2.53. The monoisotopic (exact) mass is 277 g/mol. The van der Waals surface area contributed by atoms with Crippen LogP contribution in [0.3, 0.4) is 0 Å². The van der Waals surface area contributed by atoms with Crippen LogP contribution in [0.2, 0.25) is 0 Å². The first-order valence-electron chi connectivity index (χ1n) is 7.44. The van der Waals surface area contributed by atoms with E-state index >= 15 is 0 Å². The molecule has 5 nitrogen and oxygen atoms in total. The summed E-state index contributed by atoms with van der Waals surface area (Å²) in [6, 6.07) is 6.15. The number of nitrogens with two attached hydrogens (primary N) is 1. The van der Waals surface area contributed by atoms with Gasteiger partial charge in [-0.05, 0) is 31.6 Å². The van der Waals surface area contributed by atoms with Crippen molar-refractivity contribution in [2.45, 2.75) is 6.42 Å². The second kappa shape index (κ2) is 6.33. The molecular formula is C15H23N3O2. The molecule has 2 N–H and O–H groups in total. The number of ether oxygens (including phenoxy) is 2. The predicted octanol–water partition coefficient (Wildman–Crippen LogP) is 0.929. The van der Waals surface area contributed by atoms with Gasteiger partial charge in [-0.15, -0.1) is 0 Å². The molecule has 20 heavy (non-hydrogen) atoms. The lowest BCUT2D eigenvalue weighted by atomic mass is 10.2. The minimum Gasteiger partial charge on any atom is -0.486 e. The van der Waals surface area contributed by atoms with Crippen LogP contribution < -0.4 is 20.1 Å². The average molecular weight is 277 g/mol. The molecule has 1 aromatic rings. The third-order valence-corrected chi connectivity index (χ3v) is 3.94. The van der Waals surface area contributed by atoms with E-state index in [2.05, 4.69) is 15.9 Å². The second-order valence-corrected chi connectivity index (χ2v) is 5.27. The van der Waals surface area contributed by atoms with Crippen LogP contribution >= 0.6 is 0 Å². The van der Waals surface area contributed by atoms with Gasteiger partial charge in [0.2, 0.25) is 0 Å². The zero-order chi connectivity index (χ0) is 13.8. The third kappa shape index (κ3) is 2.83. The highest BCUT2D eigenvalue weighted by Crippen LogP contribution is 2.39. The number of nitrogens with zero attached hydrogens (tertiary/aromatic N) is 2. The van der Waals surface area contributed by atoms with Crippen LogP contribution in [0, 0.1) is 0 Å². The fraction of sp³-hybridized carbons (Fsp3) is 0.600. The van der Waals surface area contributed by atoms with E-state index in [4.69, 9.17) is 15.2 Å². The Balaban J connectivity index is 1.66. The molecule has 0 spiro atoms. The van der Waals surface area contributed by atoms with E-state index < -0.39 is 0 Å². The maximum absolute atomic E-state index is 5.80. The summed E-state index contributed by atoms with van der Waals surface area (Å²) in [5, 5.41) is 0. The van der Waals surface area contributed by atoms with Crippen molar-refractivity contribution in [3.63, 3.8) is 0 Å². The Bertz CT molecular complexity index is 445. The minimum absolute atomic E-state index is 0.639. The first-order valence-corrected chi connectivity index (χ1v) is 7.44. The van der Waals surface area contributed by atoms with Crippen molar-refractivity contribution in [1.82, 2.24) is 4.90 Å². The smallest absolute Gasteiger partial charge is 0.184 e. The summed E-state index contributed by atoms with van der Waals surface area (Å²) in [5.74, 6) is 1.79. The Kier molecular flexibility index (Phi) is 4.28. The number of fused-ring (bicyclic) bond motifs is 1. The molecule has 1 fully saturated rings. The van der Waals surface area contributed by atoms with Gasteiger partial charge in [0.25, 0.3) is 0 Å². The van der Waals surface area contributed by atoms with Gasteiger partial charge in [-0.3, -0.25) is 4.90 Å². The molecule has 3 rings (SSSR count). The second-order valence-electron chi connectivity index (χ2n) is 5.27. The number of hydrogen-bond donors (Lipinski definition) is 1. The molecule has 2 aliphatic rings. The molecule has 0 amide bonds. The number of hydrogen-bond acceptors (Lipinski definition) is 5. The highest BCUT2D eigenvalue weighted by atomic mass is 16.6. The molecule has 0 saturated carbocycles. The maximum Gasteiger partial charge on any atom is 0.184 e. The predicted molar refractivity (Wildman–Crippen MR) is 79.8 cm³/mol. The van der Waals surface area contributed by atoms with Crippen LogP contribution in [-0.2, 0) is 0 Å². The molecular weight excluding hydrogens is 254 g/mol. The van der Waals surface area contributed by atoms with Crippen molar-refractivity contribution in [1.29, 1.82) is 0 Å². The largest absolute Gasteiger partial charge is 0.486 e. The number of benzene rings is 1. The standard InChI is InChI=1S/C15H23N3O2/c16-5-2-6-17-7-9-18(10-8-17)13-3-1-4-14-15(13)20-12-11-19-14/h1,3-4H,2,5-12,16H2. The lowest BCUT2D eigenvalue weighted by molar-refractivity contribution is 0.171. The molecule has 110 valence electrons. The Morgan fingerprint density at radius 3 is 2.65 bits per heavy atom. The Morgan fingerprint density at radius 2 is 1.85 bits per heavy atom. The van der Waals surface area contributed by atoms with Crippen LogP contribution in [0.4, 0.5) is 5.69 Å². The molecule has 0 unspecified atom stereocenters. The number of piperazine rings is 1. The van der Waals surface area contributed by atoms with Crippen molar-refractivity contribution >= 4 is 5.69 Å². The highest BCUT2D eigenvalue weighted by Gasteiger charge is 2.23. The van der Waals surface area contributed by atoms with Crippen molar-refractivity contribution in [2.75, 3.05) is 57.4 Å². The molecule has 5 heteroatoms. The van der Waals surface area contributed by atoms with Crippen molar-refractivity contribution in [3.8, 4) is 11.5 Å². The summed E-state index contributed by atoms with van der Waals surface area (Å²) < 4.78 is 11.5. The zero-order valence-electron chi connectivity index (χ0n) is 11.9. The van der Waals surface area contributed by atoms with Crippen LogP contribution in [0.25, 0.3) is 0 Å². The normalized spacial score (nSPS) is 19.1. The van der Waals surface area contributed by atoms with E-state index in [0.717, 1.165) is 57.2 Å². The fourth-order valence-corrected chi connectivity index (χ4v) is 2.83. The van der Waals surface area contributed by atoms with E-state index in [1.807, 2.05) is 12.1 Å². The van der Waals surface area contributed by atoms with E-state index in [1.54, 1.807) is 0 Å². The topological polar surface area (TPSA) is 51.0 Å². The summed E-state index contributed by atoms with van der Waals surface area (Å²) in [6.45, 7) is 7.40. The summed E-state index contributed by atoms with van der Waals surface area (Å²) >= 11 is 0. The van der Waals surface area contributed by atoms with E-state index in [1.165, 1.54) is 5.69 Å². The molecule has 0 aliphatic carbocycles. The van der Waals surface area contributed by atoms with Gasteiger partial charge in [0.05, 0.1) is 5.69 Å². The number of rotatable bonds is 4. The lowest BCUT2D eigenvalue weighted by Crippen LogP contribution is -2.47. The van der Waals surface area contributed by atoms with Gasteiger partial charge >= 0.3 is 0 Å². The molecule has 2 aliphatic heterocycles. The molecule has 2 heterocycles. The Morgan fingerprint density at radius 1 is 1.05 bits per heavy atom. The zero-order valence-corrected chi connectivity index (χ0v) is 11.9. The summed E-state index contributed by atoms with van der Waals surface area (Å²) in [6.07, 6.45) is 1.08. The van der Waals surface area contributed by atoms with E-state index in [9.17, 15) is 0 Å². The van der Waals surface area contributed by atoms with Gasteiger partial charge in [-0.1, -0.05) is 6.07 Å². The van der Waals surface area contributed by atoms with Gasteiger partial charge in [-0.25, -0.2) is 0 Å².